The van der Waals surface area contributed by atoms with Crippen LogP contribution >= 0.6 is 0 Å². The molecule has 1 atom stereocenters. The molecule has 2 heterocycles. The highest BCUT2D eigenvalue weighted by molar-refractivity contribution is 6.16. The average Bonchev–Trinajstić information content (AvgIpc) is 3.12. The third-order valence-electron chi connectivity index (χ3n) is 6.04. The Labute approximate surface area is 186 Å². The van der Waals surface area contributed by atoms with Crippen LogP contribution in [0.15, 0.2) is 78.9 Å². The summed E-state index contributed by atoms with van der Waals surface area (Å²) >= 11 is 0. The fraction of sp³-hybridized carbons (Fsp3) is 0.192. The highest BCUT2D eigenvalue weighted by Crippen LogP contribution is 2.45. The lowest BCUT2D eigenvalue weighted by Crippen LogP contribution is -2.49. The number of benzene rings is 3. The van der Waals surface area contributed by atoms with Gasteiger partial charge in [0.05, 0.1) is 11.3 Å². The number of rotatable bonds is 6. The number of para-hydroxylation sites is 1. The van der Waals surface area contributed by atoms with E-state index >= 15 is 0 Å². The number of amides is 3. The maximum absolute atomic E-state index is 13.3. The van der Waals surface area contributed by atoms with Crippen LogP contribution < -0.4 is 10.2 Å². The van der Waals surface area contributed by atoms with Gasteiger partial charge in [0.15, 0.2) is 0 Å². The van der Waals surface area contributed by atoms with Crippen LogP contribution in [0.5, 0.6) is 0 Å². The summed E-state index contributed by atoms with van der Waals surface area (Å²) in [6.07, 6.45) is 0.391. The van der Waals surface area contributed by atoms with E-state index in [0.717, 1.165) is 17.5 Å². The zero-order valence-corrected chi connectivity index (χ0v) is 17.5. The molecular formula is C26H23N3O3. The highest BCUT2D eigenvalue weighted by atomic mass is 16.2. The number of fused-ring (bicyclic) bond motifs is 5. The molecule has 0 unspecified atom stereocenters. The lowest BCUT2D eigenvalue weighted by molar-refractivity contribution is -0.121. The Morgan fingerprint density at radius 1 is 0.812 bits per heavy atom. The summed E-state index contributed by atoms with van der Waals surface area (Å²) in [5, 5.41) is 2.93. The summed E-state index contributed by atoms with van der Waals surface area (Å²) in [6, 6.07) is 24.5. The number of carbonyl (C=O) groups excluding carboxylic acids is 3. The molecule has 3 aromatic rings. The van der Waals surface area contributed by atoms with E-state index < -0.39 is 6.17 Å². The predicted molar refractivity (Wildman–Crippen MR) is 121 cm³/mol. The molecule has 0 aliphatic carbocycles. The Balaban J connectivity index is 1.33. The molecule has 0 spiro atoms. The Morgan fingerprint density at radius 3 is 2.31 bits per heavy atom. The number of hydrogen-bond donors (Lipinski definition) is 1. The largest absolute Gasteiger partial charge is 0.356 e. The van der Waals surface area contributed by atoms with Crippen molar-refractivity contribution in [3.8, 4) is 0 Å². The Kier molecular flexibility index (Phi) is 5.19. The lowest BCUT2D eigenvalue weighted by Gasteiger charge is -2.40. The van der Waals surface area contributed by atoms with Crippen LogP contribution in [0.2, 0.25) is 0 Å². The fourth-order valence-electron chi connectivity index (χ4n) is 4.50. The molecule has 2 aliphatic rings. The molecule has 0 fully saturated rings. The van der Waals surface area contributed by atoms with E-state index in [4.69, 9.17) is 0 Å². The number of nitrogens with one attached hydrogen (secondary N) is 1. The van der Waals surface area contributed by atoms with Gasteiger partial charge < -0.3 is 10.2 Å². The highest BCUT2D eigenvalue weighted by Gasteiger charge is 2.47. The molecular weight excluding hydrogens is 402 g/mol. The third kappa shape index (κ3) is 3.43. The number of anilines is 1. The van der Waals surface area contributed by atoms with Gasteiger partial charge in [0.25, 0.3) is 11.8 Å². The fourth-order valence-corrected chi connectivity index (χ4v) is 4.50. The molecule has 2 aliphatic heterocycles. The van der Waals surface area contributed by atoms with Gasteiger partial charge in [-0.15, -0.1) is 0 Å². The van der Waals surface area contributed by atoms with Crippen molar-refractivity contribution in [3.63, 3.8) is 0 Å². The first-order chi connectivity index (χ1) is 15.6. The van der Waals surface area contributed by atoms with Gasteiger partial charge in [-0.25, -0.2) is 0 Å². The number of hydrogen-bond acceptors (Lipinski definition) is 3. The van der Waals surface area contributed by atoms with Crippen LogP contribution in [-0.2, 0) is 11.2 Å². The first-order valence-electron chi connectivity index (χ1n) is 10.8. The molecule has 0 saturated carbocycles. The van der Waals surface area contributed by atoms with E-state index in [-0.39, 0.29) is 30.7 Å². The molecule has 160 valence electrons. The Hall–Kier alpha value is -3.93. The van der Waals surface area contributed by atoms with E-state index in [2.05, 4.69) is 5.32 Å². The van der Waals surface area contributed by atoms with Crippen molar-refractivity contribution in [2.75, 3.05) is 18.0 Å². The number of nitrogens with zero attached hydrogens (tertiary/aromatic N) is 2. The van der Waals surface area contributed by atoms with Crippen molar-refractivity contribution >= 4 is 23.4 Å². The first kappa shape index (κ1) is 20.0. The van der Waals surface area contributed by atoms with Gasteiger partial charge in [0.1, 0.15) is 6.17 Å². The quantitative estimate of drug-likeness (QED) is 0.657. The van der Waals surface area contributed by atoms with Gasteiger partial charge in [0, 0.05) is 30.6 Å². The van der Waals surface area contributed by atoms with Crippen LogP contribution in [0.4, 0.5) is 5.69 Å². The summed E-state index contributed by atoms with van der Waals surface area (Å²) in [4.78, 5) is 42.3. The molecule has 32 heavy (non-hydrogen) atoms. The predicted octanol–water partition coefficient (Wildman–Crippen LogP) is 3.55. The third-order valence-corrected chi connectivity index (χ3v) is 6.04. The topological polar surface area (TPSA) is 69.7 Å². The monoisotopic (exact) mass is 425 g/mol. The van der Waals surface area contributed by atoms with Gasteiger partial charge in [-0.3, -0.25) is 19.3 Å². The minimum absolute atomic E-state index is 0.114. The molecule has 6 heteroatoms. The minimum atomic E-state index is -0.529. The zero-order chi connectivity index (χ0) is 22.1. The maximum atomic E-state index is 13.3. The van der Waals surface area contributed by atoms with Crippen LogP contribution in [-0.4, -0.2) is 35.7 Å². The summed E-state index contributed by atoms with van der Waals surface area (Å²) in [5.41, 5.74) is 3.65. The van der Waals surface area contributed by atoms with Crippen molar-refractivity contribution in [3.05, 3.63) is 101 Å². The Morgan fingerprint density at radius 2 is 1.50 bits per heavy atom. The second kappa shape index (κ2) is 8.30. The van der Waals surface area contributed by atoms with E-state index in [1.807, 2.05) is 54.6 Å². The molecule has 0 radical (unpaired) electrons. The van der Waals surface area contributed by atoms with Crippen molar-refractivity contribution in [2.24, 2.45) is 0 Å². The summed E-state index contributed by atoms with van der Waals surface area (Å²) in [6.45, 7) is 0.767. The maximum Gasteiger partial charge on any atom is 0.260 e. The van der Waals surface area contributed by atoms with Crippen molar-refractivity contribution in [1.82, 2.24) is 10.2 Å². The summed E-state index contributed by atoms with van der Waals surface area (Å²) < 4.78 is 0. The minimum Gasteiger partial charge on any atom is -0.356 e. The molecule has 5 rings (SSSR count). The second-order valence-electron chi connectivity index (χ2n) is 7.99. The van der Waals surface area contributed by atoms with E-state index in [0.29, 0.717) is 23.4 Å². The van der Waals surface area contributed by atoms with Gasteiger partial charge >= 0.3 is 0 Å². The van der Waals surface area contributed by atoms with Crippen LogP contribution in [0.3, 0.4) is 0 Å². The van der Waals surface area contributed by atoms with E-state index in [9.17, 15) is 14.4 Å². The smallest absolute Gasteiger partial charge is 0.260 e. The molecule has 6 nitrogen and oxygen atoms in total. The van der Waals surface area contributed by atoms with Crippen molar-refractivity contribution in [1.29, 1.82) is 0 Å². The second-order valence-corrected chi connectivity index (χ2v) is 7.99. The lowest BCUT2D eigenvalue weighted by atomic mass is 10.0. The van der Waals surface area contributed by atoms with E-state index in [1.165, 1.54) is 0 Å². The van der Waals surface area contributed by atoms with Crippen molar-refractivity contribution in [2.45, 2.75) is 19.0 Å². The molecule has 0 saturated heterocycles. The van der Waals surface area contributed by atoms with Gasteiger partial charge in [-0.05, 0) is 30.2 Å². The standard InChI is InChI=1S/C26H23N3O3/c30-23(27-16-14-18-8-2-1-3-9-18)15-17-28-24-19-10-4-5-11-20(19)26(32)29(24)22-13-7-6-12-21(22)25(28)31/h1-13,24H,14-17H2,(H,27,30)/t24-/m1/s1. The Bertz CT molecular complexity index is 1190. The van der Waals surface area contributed by atoms with E-state index in [1.54, 1.807) is 34.1 Å². The normalized spacial score (nSPS) is 16.4. The zero-order valence-electron chi connectivity index (χ0n) is 17.5. The molecule has 3 amide bonds. The van der Waals surface area contributed by atoms with Crippen LogP contribution in [0.1, 0.15) is 44.4 Å². The van der Waals surface area contributed by atoms with Gasteiger partial charge in [-0.2, -0.15) is 0 Å². The van der Waals surface area contributed by atoms with Gasteiger partial charge in [-0.1, -0.05) is 60.7 Å². The first-order valence-corrected chi connectivity index (χ1v) is 10.8. The summed E-state index contributed by atoms with van der Waals surface area (Å²) in [5.74, 6) is -0.400. The molecule has 1 N–H and O–H groups in total. The average molecular weight is 425 g/mol. The van der Waals surface area contributed by atoms with Gasteiger partial charge in [0.2, 0.25) is 5.91 Å². The molecule has 3 aromatic carbocycles. The molecule has 0 bridgehead atoms. The number of carbonyl (C=O) groups is 3. The van der Waals surface area contributed by atoms with Crippen LogP contribution in [0.25, 0.3) is 0 Å². The summed E-state index contributed by atoms with van der Waals surface area (Å²) in [7, 11) is 0. The SMILES string of the molecule is O=C(CCN1C(=O)c2ccccc2N2C(=O)c3ccccc3[C@H]12)NCCc1ccccc1. The molecule has 0 aromatic heterocycles. The van der Waals surface area contributed by atoms with Crippen LogP contribution in [0, 0.1) is 0 Å². The van der Waals surface area contributed by atoms with Crippen molar-refractivity contribution < 1.29 is 14.4 Å².